The van der Waals surface area contributed by atoms with E-state index in [1.807, 2.05) is 58.0 Å². The van der Waals surface area contributed by atoms with E-state index in [0.717, 1.165) is 17.1 Å². The van der Waals surface area contributed by atoms with Crippen LogP contribution in [0.25, 0.3) is 17.4 Å². The number of anilines is 1. The van der Waals surface area contributed by atoms with Gasteiger partial charge in [0.2, 0.25) is 5.91 Å². The van der Waals surface area contributed by atoms with Crippen LogP contribution < -0.4 is 5.32 Å². The summed E-state index contributed by atoms with van der Waals surface area (Å²) in [5.74, 6) is 2.59. The van der Waals surface area contributed by atoms with Crippen LogP contribution in [0.1, 0.15) is 23.6 Å². The van der Waals surface area contributed by atoms with E-state index in [1.54, 1.807) is 10.7 Å². The molecule has 0 bridgehead atoms. The van der Waals surface area contributed by atoms with Crippen LogP contribution in [0.5, 0.6) is 0 Å². The van der Waals surface area contributed by atoms with Crippen molar-refractivity contribution in [3.8, 4) is 17.4 Å². The van der Waals surface area contributed by atoms with Crippen molar-refractivity contribution in [3.63, 3.8) is 0 Å². The quantitative estimate of drug-likeness (QED) is 0.629. The van der Waals surface area contributed by atoms with E-state index in [4.69, 9.17) is 4.42 Å². The van der Waals surface area contributed by atoms with Crippen LogP contribution >= 0.6 is 24.8 Å². The highest BCUT2D eigenvalue weighted by atomic mass is 35.5. The maximum atomic E-state index is 12.2. The zero-order valence-electron chi connectivity index (χ0n) is 17.1. The molecule has 3 rings (SSSR count). The number of aromatic nitrogens is 4. The van der Waals surface area contributed by atoms with Gasteiger partial charge in [-0.2, -0.15) is 5.10 Å². The van der Waals surface area contributed by atoms with Crippen molar-refractivity contribution in [1.82, 2.24) is 24.6 Å². The van der Waals surface area contributed by atoms with Gasteiger partial charge in [0.15, 0.2) is 17.4 Å². The lowest BCUT2D eigenvalue weighted by Gasteiger charge is -2.11. The van der Waals surface area contributed by atoms with Gasteiger partial charge in [0.05, 0.1) is 5.69 Å². The molecular formula is C19H26Cl2N6O2. The summed E-state index contributed by atoms with van der Waals surface area (Å²) in [5, 5.41) is 7.33. The molecule has 1 amide bonds. The second-order valence-electron chi connectivity index (χ2n) is 6.79. The summed E-state index contributed by atoms with van der Waals surface area (Å²) in [7, 11) is 3.85. The van der Waals surface area contributed by atoms with Crippen molar-refractivity contribution < 1.29 is 9.21 Å². The Morgan fingerprint density at radius 2 is 1.86 bits per heavy atom. The molecule has 8 nitrogen and oxygen atoms in total. The summed E-state index contributed by atoms with van der Waals surface area (Å²) in [6.45, 7) is 6.39. The summed E-state index contributed by atoms with van der Waals surface area (Å²) in [6.07, 6.45) is 0.376. The molecule has 29 heavy (non-hydrogen) atoms. The number of nitrogens with one attached hydrogen (secondary N) is 1. The number of amides is 1. The van der Waals surface area contributed by atoms with Gasteiger partial charge in [-0.3, -0.25) is 4.79 Å². The first kappa shape index (κ1) is 24.6. The van der Waals surface area contributed by atoms with E-state index in [-0.39, 0.29) is 30.7 Å². The molecule has 0 aromatic carbocycles. The number of carbonyl (C=O) groups excluding carboxylic acids is 1. The summed E-state index contributed by atoms with van der Waals surface area (Å²) in [6, 6.07) is 7.34. The number of carbonyl (C=O) groups is 1. The van der Waals surface area contributed by atoms with Gasteiger partial charge in [0, 0.05) is 24.7 Å². The molecule has 0 aliphatic rings. The molecule has 10 heteroatoms. The summed E-state index contributed by atoms with van der Waals surface area (Å²) in [5.41, 5.74) is 1.83. The number of halogens is 2. The van der Waals surface area contributed by atoms with Crippen LogP contribution in [-0.2, 0) is 4.79 Å². The van der Waals surface area contributed by atoms with Crippen molar-refractivity contribution in [1.29, 1.82) is 0 Å². The smallest absolute Gasteiger partial charge is 0.226 e. The Morgan fingerprint density at radius 1 is 1.14 bits per heavy atom. The van der Waals surface area contributed by atoms with E-state index in [9.17, 15) is 4.79 Å². The molecule has 3 aromatic heterocycles. The lowest BCUT2D eigenvalue weighted by Crippen LogP contribution is -2.21. The largest absolute Gasteiger partial charge is 0.458 e. The minimum absolute atomic E-state index is 0. The monoisotopic (exact) mass is 440 g/mol. The Balaban J connectivity index is 0.00000210. The first-order chi connectivity index (χ1) is 12.8. The van der Waals surface area contributed by atoms with Crippen LogP contribution in [0.3, 0.4) is 0 Å². The SMILES string of the molecule is Cc1cc(C)n(-c2cc(NC(=O)CCN(C)C)nc(-c3ccc(C)o3)n2)n1.Cl.Cl. The molecular weight excluding hydrogens is 415 g/mol. The van der Waals surface area contributed by atoms with Crippen molar-refractivity contribution in [2.45, 2.75) is 27.2 Å². The normalized spacial score (nSPS) is 10.4. The van der Waals surface area contributed by atoms with Crippen LogP contribution in [0.4, 0.5) is 5.82 Å². The molecule has 0 fully saturated rings. The Labute approximate surface area is 182 Å². The predicted molar refractivity (Wildman–Crippen MR) is 117 cm³/mol. The van der Waals surface area contributed by atoms with Crippen molar-refractivity contribution in [3.05, 3.63) is 41.4 Å². The molecule has 0 spiro atoms. The molecule has 0 unspecified atom stereocenters. The van der Waals surface area contributed by atoms with E-state index in [1.165, 1.54) is 0 Å². The molecule has 0 aliphatic heterocycles. The van der Waals surface area contributed by atoms with Gasteiger partial charge in [-0.15, -0.1) is 24.8 Å². The van der Waals surface area contributed by atoms with E-state index < -0.39 is 0 Å². The number of nitrogens with zero attached hydrogens (tertiary/aromatic N) is 5. The molecule has 0 radical (unpaired) electrons. The Morgan fingerprint density at radius 3 is 2.41 bits per heavy atom. The maximum absolute atomic E-state index is 12.2. The minimum Gasteiger partial charge on any atom is -0.458 e. The third-order valence-electron chi connectivity index (χ3n) is 3.95. The van der Waals surface area contributed by atoms with Crippen LogP contribution in [0.2, 0.25) is 0 Å². The van der Waals surface area contributed by atoms with Gasteiger partial charge < -0.3 is 14.6 Å². The Hall–Kier alpha value is -2.42. The fourth-order valence-electron chi connectivity index (χ4n) is 2.66. The fourth-order valence-corrected chi connectivity index (χ4v) is 2.66. The number of hydrogen-bond donors (Lipinski definition) is 1. The average molecular weight is 441 g/mol. The number of furan rings is 1. The van der Waals surface area contributed by atoms with Crippen molar-refractivity contribution in [2.24, 2.45) is 0 Å². The third-order valence-corrected chi connectivity index (χ3v) is 3.95. The van der Waals surface area contributed by atoms with Gasteiger partial charge >= 0.3 is 0 Å². The van der Waals surface area contributed by atoms with Gasteiger partial charge in [0.25, 0.3) is 0 Å². The van der Waals surface area contributed by atoms with Crippen molar-refractivity contribution >= 4 is 36.5 Å². The van der Waals surface area contributed by atoms with Crippen LogP contribution in [0, 0.1) is 20.8 Å². The second kappa shape index (κ2) is 10.4. The molecule has 1 N–H and O–H groups in total. The van der Waals surface area contributed by atoms with Crippen molar-refractivity contribution in [2.75, 3.05) is 26.0 Å². The highest BCUT2D eigenvalue weighted by Crippen LogP contribution is 2.22. The standard InChI is InChI=1S/C19H24N6O2.2ClH/c1-12-10-13(2)25(23-12)17-11-16(20-18(26)8-9-24(4)5)21-19(22-17)15-7-6-14(3)27-15;;/h6-7,10-11H,8-9H2,1-5H3,(H,20,21,22,26);2*1H. The first-order valence-corrected chi connectivity index (χ1v) is 8.76. The number of aryl methyl sites for hydroxylation is 3. The van der Waals surface area contributed by atoms with Gasteiger partial charge in [-0.25, -0.2) is 14.6 Å². The zero-order valence-corrected chi connectivity index (χ0v) is 18.7. The highest BCUT2D eigenvalue weighted by molar-refractivity contribution is 5.90. The Kier molecular flexibility index (Phi) is 8.81. The molecule has 0 atom stereocenters. The molecule has 0 aliphatic carbocycles. The molecule has 3 aromatic rings. The second-order valence-corrected chi connectivity index (χ2v) is 6.79. The van der Waals surface area contributed by atoms with E-state index >= 15 is 0 Å². The third kappa shape index (κ3) is 6.28. The van der Waals surface area contributed by atoms with E-state index in [2.05, 4.69) is 20.4 Å². The highest BCUT2D eigenvalue weighted by Gasteiger charge is 2.15. The maximum Gasteiger partial charge on any atom is 0.226 e. The van der Waals surface area contributed by atoms with E-state index in [0.29, 0.717) is 36.2 Å². The molecule has 0 saturated carbocycles. The number of hydrogen-bond acceptors (Lipinski definition) is 6. The zero-order chi connectivity index (χ0) is 19.6. The lowest BCUT2D eigenvalue weighted by molar-refractivity contribution is -0.116. The minimum atomic E-state index is -0.108. The molecule has 3 heterocycles. The first-order valence-electron chi connectivity index (χ1n) is 8.76. The fraction of sp³-hybridized carbons (Fsp3) is 0.368. The predicted octanol–water partition coefficient (Wildman–Crippen LogP) is 3.58. The van der Waals surface area contributed by atoms with Gasteiger partial charge in [0.1, 0.15) is 11.6 Å². The summed E-state index contributed by atoms with van der Waals surface area (Å²) >= 11 is 0. The van der Waals surface area contributed by atoms with Crippen LogP contribution in [-0.4, -0.2) is 51.2 Å². The Bertz CT molecular complexity index is 968. The van der Waals surface area contributed by atoms with Gasteiger partial charge in [-0.1, -0.05) is 0 Å². The van der Waals surface area contributed by atoms with Crippen LogP contribution in [0.15, 0.2) is 28.7 Å². The average Bonchev–Trinajstić information content (AvgIpc) is 3.18. The molecule has 0 saturated heterocycles. The lowest BCUT2D eigenvalue weighted by atomic mass is 10.3. The molecule has 158 valence electrons. The topological polar surface area (TPSA) is 89.1 Å². The van der Waals surface area contributed by atoms with Gasteiger partial charge in [-0.05, 0) is 53.1 Å². The summed E-state index contributed by atoms with van der Waals surface area (Å²) < 4.78 is 7.39. The summed E-state index contributed by atoms with van der Waals surface area (Å²) in [4.78, 5) is 23.2. The number of rotatable bonds is 6.